The van der Waals surface area contributed by atoms with Crippen LogP contribution in [0.25, 0.3) is 6.08 Å². The minimum Gasteiger partial charge on any atom is -0.399 e. The van der Waals surface area contributed by atoms with Gasteiger partial charge in [-0.05, 0) is 50.7 Å². The van der Waals surface area contributed by atoms with Crippen LogP contribution in [0.4, 0.5) is 5.69 Å². The summed E-state index contributed by atoms with van der Waals surface area (Å²) in [6.45, 7) is 1.79. The number of amides is 1. The van der Waals surface area contributed by atoms with Gasteiger partial charge in [-0.2, -0.15) is 0 Å². The van der Waals surface area contributed by atoms with Gasteiger partial charge in [0.25, 0.3) is 0 Å². The molecular formula is C16H23N3O. The van der Waals surface area contributed by atoms with Gasteiger partial charge in [0.05, 0.1) is 0 Å². The molecule has 0 spiro atoms. The number of hydrogen-bond donors (Lipinski definition) is 1. The number of nitrogens with zero attached hydrogens (tertiary/aromatic N) is 2. The van der Waals surface area contributed by atoms with Gasteiger partial charge in [0.2, 0.25) is 5.91 Å². The van der Waals surface area contributed by atoms with E-state index in [0.717, 1.165) is 31.5 Å². The maximum Gasteiger partial charge on any atom is 0.246 e. The first-order chi connectivity index (χ1) is 9.56. The second kappa shape index (κ2) is 6.57. The number of carbonyl (C=O) groups excluding carboxylic acids is 1. The molecule has 4 nitrogen and oxygen atoms in total. The second-order valence-electron chi connectivity index (χ2n) is 5.59. The Balaban J connectivity index is 2.00. The number of carbonyl (C=O) groups is 1. The highest BCUT2D eigenvalue weighted by atomic mass is 16.2. The van der Waals surface area contributed by atoms with Crippen LogP contribution < -0.4 is 5.73 Å². The molecule has 1 aliphatic rings. The van der Waals surface area contributed by atoms with Crippen LogP contribution in [0.2, 0.25) is 0 Å². The number of benzene rings is 1. The van der Waals surface area contributed by atoms with Gasteiger partial charge in [0.15, 0.2) is 0 Å². The second-order valence-corrected chi connectivity index (χ2v) is 5.59. The van der Waals surface area contributed by atoms with Gasteiger partial charge in [-0.3, -0.25) is 4.79 Å². The Bertz CT molecular complexity index is 496. The number of likely N-dealkylation sites (tertiary alicyclic amines) is 1. The lowest BCUT2D eigenvalue weighted by Gasteiger charge is -2.26. The lowest BCUT2D eigenvalue weighted by Crippen LogP contribution is -2.40. The van der Waals surface area contributed by atoms with Gasteiger partial charge in [-0.25, -0.2) is 0 Å². The fourth-order valence-electron chi connectivity index (χ4n) is 2.66. The fraction of sp³-hybridized carbons (Fsp3) is 0.438. The first-order valence-corrected chi connectivity index (χ1v) is 7.05. The molecule has 1 atom stereocenters. The monoisotopic (exact) mass is 273 g/mol. The summed E-state index contributed by atoms with van der Waals surface area (Å²) < 4.78 is 0. The van der Waals surface area contributed by atoms with Gasteiger partial charge in [0, 0.05) is 30.9 Å². The number of hydrogen-bond acceptors (Lipinski definition) is 3. The van der Waals surface area contributed by atoms with E-state index in [0.29, 0.717) is 11.7 Å². The quantitative estimate of drug-likeness (QED) is 0.672. The summed E-state index contributed by atoms with van der Waals surface area (Å²) in [4.78, 5) is 16.4. The Morgan fingerprint density at radius 3 is 3.00 bits per heavy atom. The number of nitrogens with two attached hydrogens (primary N) is 1. The molecule has 1 aromatic carbocycles. The van der Waals surface area contributed by atoms with E-state index in [1.54, 1.807) is 6.08 Å². The van der Waals surface area contributed by atoms with Crippen LogP contribution in [-0.4, -0.2) is 48.9 Å². The Kier molecular flexibility index (Phi) is 4.79. The number of likely N-dealkylation sites (N-methyl/N-ethyl adjacent to an activating group) is 1. The Hall–Kier alpha value is -1.81. The van der Waals surface area contributed by atoms with Gasteiger partial charge >= 0.3 is 0 Å². The van der Waals surface area contributed by atoms with Crippen molar-refractivity contribution in [3.8, 4) is 0 Å². The third kappa shape index (κ3) is 3.84. The first kappa shape index (κ1) is 14.6. The molecule has 0 saturated carbocycles. The molecule has 1 unspecified atom stereocenters. The summed E-state index contributed by atoms with van der Waals surface area (Å²) in [7, 11) is 4.09. The zero-order chi connectivity index (χ0) is 14.5. The zero-order valence-corrected chi connectivity index (χ0v) is 12.2. The molecule has 1 aliphatic heterocycles. The van der Waals surface area contributed by atoms with Crippen molar-refractivity contribution in [3.63, 3.8) is 0 Å². The van der Waals surface area contributed by atoms with E-state index >= 15 is 0 Å². The summed E-state index contributed by atoms with van der Waals surface area (Å²) in [5.74, 6) is 0.0942. The Morgan fingerprint density at radius 2 is 2.30 bits per heavy atom. The molecule has 0 radical (unpaired) electrons. The van der Waals surface area contributed by atoms with Gasteiger partial charge in [-0.1, -0.05) is 12.1 Å². The molecule has 0 aromatic heterocycles. The average molecular weight is 273 g/mol. The molecule has 20 heavy (non-hydrogen) atoms. The molecule has 108 valence electrons. The van der Waals surface area contributed by atoms with Crippen molar-refractivity contribution in [2.45, 2.75) is 18.9 Å². The van der Waals surface area contributed by atoms with E-state index in [1.807, 2.05) is 49.3 Å². The van der Waals surface area contributed by atoms with Gasteiger partial charge in [0.1, 0.15) is 0 Å². The predicted molar refractivity (Wildman–Crippen MR) is 83.2 cm³/mol. The van der Waals surface area contributed by atoms with Crippen molar-refractivity contribution in [2.24, 2.45) is 0 Å². The lowest BCUT2D eigenvalue weighted by molar-refractivity contribution is -0.126. The van der Waals surface area contributed by atoms with Crippen molar-refractivity contribution in [3.05, 3.63) is 35.9 Å². The summed E-state index contributed by atoms with van der Waals surface area (Å²) in [5, 5.41) is 0. The minimum atomic E-state index is 0.0942. The van der Waals surface area contributed by atoms with Crippen molar-refractivity contribution < 1.29 is 4.79 Å². The van der Waals surface area contributed by atoms with Crippen LogP contribution in [0.3, 0.4) is 0 Å². The molecule has 0 aliphatic carbocycles. The highest BCUT2D eigenvalue weighted by molar-refractivity contribution is 5.92. The smallest absolute Gasteiger partial charge is 0.246 e. The molecular weight excluding hydrogens is 250 g/mol. The van der Waals surface area contributed by atoms with E-state index in [-0.39, 0.29) is 5.91 Å². The van der Waals surface area contributed by atoms with Crippen LogP contribution in [0.5, 0.6) is 0 Å². The van der Waals surface area contributed by atoms with Crippen LogP contribution >= 0.6 is 0 Å². The largest absolute Gasteiger partial charge is 0.399 e. The molecule has 1 fully saturated rings. The highest BCUT2D eigenvalue weighted by Crippen LogP contribution is 2.18. The normalized spacial score (nSPS) is 19.1. The standard InChI is InChI=1S/C16H23N3O/c1-18(2)12-15-7-4-10-19(15)16(20)9-8-13-5-3-6-14(17)11-13/h3,5-6,8-9,11,15H,4,7,10,12,17H2,1-2H3/b9-8+. The maximum absolute atomic E-state index is 12.3. The summed E-state index contributed by atoms with van der Waals surface area (Å²) in [5.41, 5.74) is 7.40. The van der Waals surface area contributed by atoms with E-state index in [4.69, 9.17) is 5.73 Å². The van der Waals surface area contributed by atoms with Crippen LogP contribution in [0, 0.1) is 0 Å². The molecule has 1 aromatic rings. The van der Waals surface area contributed by atoms with E-state index in [1.165, 1.54) is 0 Å². The Morgan fingerprint density at radius 1 is 1.50 bits per heavy atom. The summed E-state index contributed by atoms with van der Waals surface area (Å²) >= 11 is 0. The predicted octanol–water partition coefficient (Wildman–Crippen LogP) is 1.83. The SMILES string of the molecule is CN(C)CC1CCCN1C(=O)/C=C/c1cccc(N)c1. The van der Waals surface area contributed by atoms with Crippen LogP contribution in [0.1, 0.15) is 18.4 Å². The molecule has 1 amide bonds. The number of rotatable bonds is 4. The van der Waals surface area contributed by atoms with E-state index in [2.05, 4.69) is 4.90 Å². The van der Waals surface area contributed by atoms with Crippen LogP contribution in [0.15, 0.2) is 30.3 Å². The number of nitrogen functional groups attached to an aromatic ring is 1. The highest BCUT2D eigenvalue weighted by Gasteiger charge is 2.27. The molecule has 4 heteroatoms. The Labute approximate surface area is 120 Å². The van der Waals surface area contributed by atoms with Crippen molar-refractivity contribution in [1.29, 1.82) is 0 Å². The van der Waals surface area contributed by atoms with Crippen molar-refractivity contribution >= 4 is 17.7 Å². The van der Waals surface area contributed by atoms with E-state index < -0.39 is 0 Å². The average Bonchev–Trinajstić information content (AvgIpc) is 2.83. The fourth-order valence-corrected chi connectivity index (χ4v) is 2.66. The van der Waals surface area contributed by atoms with Gasteiger partial charge in [-0.15, -0.1) is 0 Å². The van der Waals surface area contributed by atoms with Crippen molar-refractivity contribution in [2.75, 3.05) is 32.9 Å². The number of anilines is 1. The van der Waals surface area contributed by atoms with Crippen LogP contribution in [-0.2, 0) is 4.79 Å². The maximum atomic E-state index is 12.3. The topological polar surface area (TPSA) is 49.6 Å². The first-order valence-electron chi connectivity index (χ1n) is 7.05. The summed E-state index contributed by atoms with van der Waals surface area (Å²) in [6.07, 6.45) is 5.68. The molecule has 0 bridgehead atoms. The minimum absolute atomic E-state index is 0.0942. The molecule has 1 heterocycles. The third-order valence-corrected chi connectivity index (χ3v) is 3.57. The lowest BCUT2D eigenvalue weighted by atomic mass is 10.2. The zero-order valence-electron chi connectivity index (χ0n) is 12.2. The van der Waals surface area contributed by atoms with Gasteiger partial charge < -0.3 is 15.5 Å². The van der Waals surface area contributed by atoms with Crippen molar-refractivity contribution in [1.82, 2.24) is 9.80 Å². The van der Waals surface area contributed by atoms with E-state index in [9.17, 15) is 4.79 Å². The summed E-state index contributed by atoms with van der Waals surface area (Å²) in [6, 6.07) is 7.88. The molecule has 2 N–H and O–H groups in total. The molecule has 2 rings (SSSR count). The third-order valence-electron chi connectivity index (χ3n) is 3.57. The molecule has 1 saturated heterocycles.